The van der Waals surface area contributed by atoms with E-state index in [1.807, 2.05) is 30.5 Å². The number of fused-ring (bicyclic) bond motifs is 1. The second kappa shape index (κ2) is 5.74. The van der Waals surface area contributed by atoms with E-state index in [2.05, 4.69) is 11.1 Å². The Balaban J connectivity index is 1.83. The fourth-order valence-corrected chi connectivity index (χ4v) is 2.53. The van der Waals surface area contributed by atoms with E-state index < -0.39 is 0 Å². The smallest absolute Gasteiger partial charge is 0.253 e. The van der Waals surface area contributed by atoms with Crippen molar-refractivity contribution in [3.05, 3.63) is 71.4 Å². The number of H-pyrrole nitrogens is 1. The molecule has 1 N–H and O–H groups in total. The molecule has 1 heterocycles. The standard InChI is InChI=1S/C18H15N3O/c1-21(18(22)14-6-4-5-13(9-14)10-19)12-15-11-20-17-8-3-2-7-16(15)17/h2-9,11,20H,12H2,1H3. The van der Waals surface area contributed by atoms with Crippen LogP contribution in [0.4, 0.5) is 0 Å². The number of para-hydroxylation sites is 1. The van der Waals surface area contributed by atoms with E-state index in [0.717, 1.165) is 16.5 Å². The molecule has 2 aromatic carbocycles. The molecule has 3 aromatic rings. The predicted molar refractivity (Wildman–Crippen MR) is 85.3 cm³/mol. The van der Waals surface area contributed by atoms with Crippen molar-refractivity contribution in [2.45, 2.75) is 6.54 Å². The van der Waals surface area contributed by atoms with Gasteiger partial charge in [-0.3, -0.25) is 4.79 Å². The zero-order valence-electron chi connectivity index (χ0n) is 12.2. The lowest BCUT2D eigenvalue weighted by molar-refractivity contribution is 0.0785. The molecule has 0 atom stereocenters. The van der Waals surface area contributed by atoms with Gasteiger partial charge in [0.1, 0.15) is 0 Å². The summed E-state index contributed by atoms with van der Waals surface area (Å²) in [6.45, 7) is 0.514. The molecule has 4 nitrogen and oxygen atoms in total. The first-order chi connectivity index (χ1) is 10.7. The van der Waals surface area contributed by atoms with Crippen molar-refractivity contribution >= 4 is 16.8 Å². The number of rotatable bonds is 3. The van der Waals surface area contributed by atoms with Crippen LogP contribution in [0, 0.1) is 11.3 Å². The zero-order chi connectivity index (χ0) is 15.5. The van der Waals surface area contributed by atoms with Crippen molar-refractivity contribution < 1.29 is 4.79 Å². The summed E-state index contributed by atoms with van der Waals surface area (Å²) in [7, 11) is 1.77. The summed E-state index contributed by atoms with van der Waals surface area (Å²) >= 11 is 0. The number of aromatic nitrogens is 1. The number of hydrogen-bond acceptors (Lipinski definition) is 2. The number of benzene rings is 2. The summed E-state index contributed by atoms with van der Waals surface area (Å²) in [5, 5.41) is 10.0. The molecule has 0 radical (unpaired) electrons. The molecule has 0 saturated heterocycles. The van der Waals surface area contributed by atoms with Crippen molar-refractivity contribution in [1.29, 1.82) is 5.26 Å². The lowest BCUT2D eigenvalue weighted by Gasteiger charge is -2.17. The van der Waals surface area contributed by atoms with Gasteiger partial charge in [-0.2, -0.15) is 5.26 Å². The van der Waals surface area contributed by atoms with Gasteiger partial charge in [-0.05, 0) is 29.8 Å². The van der Waals surface area contributed by atoms with Gasteiger partial charge in [0.05, 0.1) is 11.6 Å². The molecule has 1 amide bonds. The quantitative estimate of drug-likeness (QED) is 0.804. The van der Waals surface area contributed by atoms with Crippen LogP contribution in [0.2, 0.25) is 0 Å². The van der Waals surface area contributed by atoms with Crippen LogP contribution in [0.1, 0.15) is 21.5 Å². The van der Waals surface area contributed by atoms with Crippen LogP contribution in [-0.2, 0) is 6.54 Å². The first-order valence-corrected chi connectivity index (χ1v) is 6.99. The molecule has 0 spiro atoms. The number of hydrogen-bond donors (Lipinski definition) is 1. The second-order valence-corrected chi connectivity index (χ2v) is 5.21. The summed E-state index contributed by atoms with van der Waals surface area (Å²) in [6, 6.07) is 16.8. The Labute approximate surface area is 128 Å². The fraction of sp³-hybridized carbons (Fsp3) is 0.111. The van der Waals surface area contributed by atoms with Crippen LogP contribution < -0.4 is 0 Å². The average molecular weight is 289 g/mol. The van der Waals surface area contributed by atoms with E-state index in [4.69, 9.17) is 5.26 Å². The molecular weight excluding hydrogens is 274 g/mol. The van der Waals surface area contributed by atoms with Gasteiger partial charge in [-0.25, -0.2) is 0 Å². The molecule has 0 aliphatic heterocycles. The summed E-state index contributed by atoms with van der Waals surface area (Å²) < 4.78 is 0. The summed E-state index contributed by atoms with van der Waals surface area (Å²) in [5.41, 5.74) is 3.15. The van der Waals surface area contributed by atoms with Gasteiger partial charge in [0, 0.05) is 36.3 Å². The van der Waals surface area contributed by atoms with Gasteiger partial charge < -0.3 is 9.88 Å². The van der Waals surface area contributed by atoms with Crippen LogP contribution in [0.25, 0.3) is 10.9 Å². The number of aromatic amines is 1. The maximum absolute atomic E-state index is 12.5. The molecular formula is C18H15N3O. The van der Waals surface area contributed by atoms with Crippen molar-refractivity contribution in [2.75, 3.05) is 7.05 Å². The van der Waals surface area contributed by atoms with Crippen molar-refractivity contribution in [2.24, 2.45) is 0 Å². The second-order valence-electron chi connectivity index (χ2n) is 5.21. The molecule has 108 valence electrons. The van der Waals surface area contributed by atoms with Gasteiger partial charge in [0.2, 0.25) is 0 Å². The number of carbonyl (C=O) groups excluding carboxylic acids is 1. The van der Waals surface area contributed by atoms with E-state index in [1.54, 1.807) is 36.2 Å². The molecule has 0 aliphatic carbocycles. The lowest BCUT2D eigenvalue weighted by Crippen LogP contribution is -2.26. The number of amides is 1. The van der Waals surface area contributed by atoms with Crippen LogP contribution >= 0.6 is 0 Å². The lowest BCUT2D eigenvalue weighted by atomic mass is 10.1. The van der Waals surface area contributed by atoms with E-state index in [-0.39, 0.29) is 5.91 Å². The number of nitriles is 1. The molecule has 0 bridgehead atoms. The Hall–Kier alpha value is -3.06. The Morgan fingerprint density at radius 1 is 1.23 bits per heavy atom. The summed E-state index contributed by atoms with van der Waals surface area (Å²) in [6.07, 6.45) is 1.93. The van der Waals surface area contributed by atoms with E-state index in [1.165, 1.54) is 0 Å². The van der Waals surface area contributed by atoms with Crippen LogP contribution in [0.3, 0.4) is 0 Å². The molecule has 1 aromatic heterocycles. The Kier molecular flexibility index (Phi) is 3.63. The molecule has 22 heavy (non-hydrogen) atoms. The van der Waals surface area contributed by atoms with Gasteiger partial charge in [0.25, 0.3) is 5.91 Å². The monoisotopic (exact) mass is 289 g/mol. The summed E-state index contributed by atoms with van der Waals surface area (Å²) in [5.74, 6) is -0.0950. The Bertz CT molecular complexity index is 873. The molecule has 4 heteroatoms. The van der Waals surface area contributed by atoms with Gasteiger partial charge in [-0.1, -0.05) is 24.3 Å². The van der Waals surface area contributed by atoms with Crippen LogP contribution in [0.5, 0.6) is 0 Å². The highest BCUT2D eigenvalue weighted by molar-refractivity contribution is 5.94. The van der Waals surface area contributed by atoms with E-state index in [9.17, 15) is 4.79 Å². The topological polar surface area (TPSA) is 59.9 Å². The maximum Gasteiger partial charge on any atom is 0.253 e. The number of nitrogens with zero attached hydrogens (tertiary/aromatic N) is 2. The molecule has 0 aliphatic rings. The van der Waals surface area contributed by atoms with Crippen molar-refractivity contribution in [1.82, 2.24) is 9.88 Å². The Morgan fingerprint density at radius 3 is 2.86 bits per heavy atom. The third-order valence-corrected chi connectivity index (χ3v) is 3.67. The average Bonchev–Trinajstić information content (AvgIpc) is 2.97. The van der Waals surface area contributed by atoms with Crippen molar-refractivity contribution in [3.8, 4) is 6.07 Å². The molecule has 0 fully saturated rings. The van der Waals surface area contributed by atoms with E-state index in [0.29, 0.717) is 17.7 Å². The highest BCUT2D eigenvalue weighted by atomic mass is 16.2. The highest BCUT2D eigenvalue weighted by Gasteiger charge is 2.14. The highest BCUT2D eigenvalue weighted by Crippen LogP contribution is 2.19. The number of nitrogens with one attached hydrogen (secondary N) is 1. The fourth-order valence-electron chi connectivity index (χ4n) is 2.53. The first-order valence-electron chi connectivity index (χ1n) is 6.99. The predicted octanol–water partition coefficient (Wildman–Crippen LogP) is 3.31. The van der Waals surface area contributed by atoms with Gasteiger partial charge >= 0.3 is 0 Å². The molecule has 0 unspecified atom stereocenters. The normalized spacial score (nSPS) is 10.4. The number of carbonyl (C=O) groups is 1. The minimum atomic E-state index is -0.0950. The molecule has 3 rings (SSSR count). The summed E-state index contributed by atoms with van der Waals surface area (Å²) in [4.78, 5) is 17.3. The Morgan fingerprint density at radius 2 is 2.05 bits per heavy atom. The third kappa shape index (κ3) is 2.57. The maximum atomic E-state index is 12.5. The van der Waals surface area contributed by atoms with Gasteiger partial charge in [-0.15, -0.1) is 0 Å². The minimum Gasteiger partial charge on any atom is -0.361 e. The van der Waals surface area contributed by atoms with Gasteiger partial charge in [0.15, 0.2) is 0 Å². The van der Waals surface area contributed by atoms with Crippen LogP contribution in [-0.4, -0.2) is 22.8 Å². The SMILES string of the molecule is CN(Cc1c[nH]c2ccccc12)C(=O)c1cccc(C#N)c1. The third-order valence-electron chi connectivity index (χ3n) is 3.67. The minimum absolute atomic E-state index is 0.0950. The zero-order valence-corrected chi connectivity index (χ0v) is 12.2. The first kappa shape index (κ1) is 13.9. The van der Waals surface area contributed by atoms with Crippen molar-refractivity contribution in [3.63, 3.8) is 0 Å². The van der Waals surface area contributed by atoms with E-state index >= 15 is 0 Å². The molecule has 0 saturated carbocycles. The van der Waals surface area contributed by atoms with Crippen LogP contribution in [0.15, 0.2) is 54.7 Å². The largest absolute Gasteiger partial charge is 0.361 e.